The highest BCUT2D eigenvalue weighted by Gasteiger charge is 2.40. The topological polar surface area (TPSA) is 150 Å². The summed E-state index contributed by atoms with van der Waals surface area (Å²) in [6.45, 7) is 0. The number of aromatic nitrogens is 3. The molecule has 0 bridgehead atoms. The Morgan fingerprint density at radius 1 is 1.52 bits per heavy atom. The molecule has 0 saturated carbocycles. The third-order valence-corrected chi connectivity index (χ3v) is 5.61. The van der Waals surface area contributed by atoms with Crippen LogP contribution in [0.2, 0.25) is 0 Å². The molecule has 3 heterocycles. The van der Waals surface area contributed by atoms with E-state index in [9.17, 15) is 23.6 Å². The van der Waals surface area contributed by atoms with E-state index in [0.717, 1.165) is 6.07 Å². The van der Waals surface area contributed by atoms with Crippen molar-refractivity contribution in [3.8, 4) is 6.07 Å². The summed E-state index contributed by atoms with van der Waals surface area (Å²) in [6, 6.07) is 4.03. The minimum atomic E-state index is -2.87. The van der Waals surface area contributed by atoms with Crippen LogP contribution in [0.4, 0.5) is 15.9 Å². The van der Waals surface area contributed by atoms with E-state index in [1.807, 2.05) is 6.07 Å². The van der Waals surface area contributed by atoms with Gasteiger partial charge < -0.3 is 11.1 Å². The molecule has 1 amide bonds. The van der Waals surface area contributed by atoms with Crippen LogP contribution < -0.4 is 11.1 Å². The van der Waals surface area contributed by atoms with Gasteiger partial charge in [0, 0.05) is 24.1 Å². The quantitative estimate of drug-likeness (QED) is 0.601. The normalized spacial score (nSPS) is 23.0. The van der Waals surface area contributed by atoms with Gasteiger partial charge in [-0.15, -0.1) is 0 Å². The Hall–Kier alpha value is -2.68. The molecule has 0 aromatic carbocycles. The Morgan fingerprint density at radius 3 is 2.92 bits per heavy atom. The maximum Gasteiger partial charge on any atom is 0.254 e. The lowest BCUT2D eigenvalue weighted by atomic mass is 10.1. The van der Waals surface area contributed by atoms with Crippen LogP contribution in [-0.4, -0.2) is 41.3 Å². The third-order valence-electron chi connectivity index (χ3n) is 3.84. The van der Waals surface area contributed by atoms with Gasteiger partial charge in [0.15, 0.2) is 5.82 Å². The molecule has 1 aliphatic rings. The maximum absolute atomic E-state index is 13.2. The van der Waals surface area contributed by atoms with E-state index >= 15 is 0 Å². The van der Waals surface area contributed by atoms with Crippen molar-refractivity contribution in [3.63, 3.8) is 0 Å². The Kier molecular flexibility index (Phi) is 4.34. The van der Waals surface area contributed by atoms with E-state index in [2.05, 4.69) is 15.4 Å². The van der Waals surface area contributed by atoms with Gasteiger partial charge in [0.2, 0.25) is 5.95 Å². The first-order chi connectivity index (χ1) is 11.8. The second-order valence-corrected chi connectivity index (χ2v) is 7.94. The number of pyridine rings is 1. The molecule has 1 aliphatic heterocycles. The lowest BCUT2D eigenvalue weighted by Crippen LogP contribution is -2.17. The smallest absolute Gasteiger partial charge is 0.254 e. The number of amides is 1. The predicted octanol–water partition coefficient (Wildman–Crippen LogP) is 1.70. The molecule has 2 atom stereocenters. The molecule has 2 aromatic heterocycles. The molecule has 0 unspecified atom stereocenters. The van der Waals surface area contributed by atoms with E-state index in [1.165, 1.54) is 23.1 Å². The zero-order chi connectivity index (χ0) is 18.2. The summed E-state index contributed by atoms with van der Waals surface area (Å²) in [5.41, 5.74) is 5.71. The molecule has 3 rings (SSSR count). The zero-order valence-electron chi connectivity index (χ0n) is 12.8. The number of primary amides is 1. The van der Waals surface area contributed by atoms with Gasteiger partial charge in [-0.1, -0.05) is 0 Å². The van der Waals surface area contributed by atoms with Gasteiger partial charge in [0.1, 0.15) is 5.56 Å². The van der Waals surface area contributed by atoms with Crippen LogP contribution in [0.15, 0.2) is 24.5 Å². The fourth-order valence-electron chi connectivity index (χ4n) is 2.69. The molecule has 25 heavy (non-hydrogen) atoms. The lowest BCUT2D eigenvalue weighted by Gasteiger charge is -2.25. The SMILES string of the molecule is N#C[C@@H]1CS(O)(O)C[C@@H]1n1cc(C(N)=O)c(Nc2ccnc(F)c2)n1. The Balaban J connectivity index is 1.95. The van der Waals surface area contributed by atoms with Gasteiger partial charge in [0.25, 0.3) is 5.91 Å². The molecule has 0 spiro atoms. The average Bonchev–Trinajstić information content (AvgIpc) is 3.07. The fraction of sp³-hybridized carbons (Fsp3) is 0.286. The van der Waals surface area contributed by atoms with Crippen molar-refractivity contribution in [3.05, 3.63) is 36.0 Å². The molecular formula is C14H15FN6O3S. The second kappa shape index (κ2) is 6.32. The van der Waals surface area contributed by atoms with E-state index < -0.39 is 34.4 Å². The number of nitrogens with one attached hydrogen (secondary N) is 1. The highest BCUT2D eigenvalue weighted by Crippen LogP contribution is 2.52. The van der Waals surface area contributed by atoms with Crippen molar-refractivity contribution >= 4 is 28.0 Å². The van der Waals surface area contributed by atoms with Gasteiger partial charge in [-0.2, -0.15) is 25.3 Å². The number of rotatable bonds is 4. The first-order valence-electron chi connectivity index (χ1n) is 7.20. The summed E-state index contributed by atoms with van der Waals surface area (Å²) in [7, 11) is -2.87. The molecule has 1 saturated heterocycles. The number of hydrogen-bond donors (Lipinski definition) is 4. The van der Waals surface area contributed by atoms with E-state index in [-0.39, 0.29) is 22.9 Å². The summed E-state index contributed by atoms with van der Waals surface area (Å²) in [5, 5.41) is 16.2. The maximum atomic E-state index is 13.2. The highest BCUT2D eigenvalue weighted by molar-refractivity contribution is 8.24. The molecule has 5 N–H and O–H groups in total. The zero-order valence-corrected chi connectivity index (χ0v) is 13.6. The number of nitriles is 1. The van der Waals surface area contributed by atoms with Crippen LogP contribution in [0.3, 0.4) is 0 Å². The number of anilines is 2. The molecule has 11 heteroatoms. The second-order valence-electron chi connectivity index (χ2n) is 5.67. The number of carbonyl (C=O) groups excluding carboxylic acids is 1. The van der Waals surface area contributed by atoms with Crippen LogP contribution in [0, 0.1) is 23.2 Å². The van der Waals surface area contributed by atoms with Crippen LogP contribution in [0.1, 0.15) is 16.4 Å². The average molecular weight is 366 g/mol. The van der Waals surface area contributed by atoms with Crippen LogP contribution in [0.25, 0.3) is 0 Å². The Labute approximate surface area is 143 Å². The number of halogens is 1. The van der Waals surface area contributed by atoms with Crippen molar-refractivity contribution in [2.45, 2.75) is 6.04 Å². The molecule has 1 fully saturated rings. The van der Waals surface area contributed by atoms with Gasteiger partial charge >= 0.3 is 0 Å². The van der Waals surface area contributed by atoms with Crippen LogP contribution >= 0.6 is 10.6 Å². The number of nitrogens with two attached hydrogens (primary N) is 1. The first kappa shape index (κ1) is 17.2. The van der Waals surface area contributed by atoms with Crippen LogP contribution in [-0.2, 0) is 0 Å². The standard InChI is InChI=1S/C14H15FN6O3S/c15-12-3-9(1-2-18-12)19-14-10(13(17)22)5-21(20-14)11-7-25(23,24)6-8(11)4-16/h1-3,5,8,11,23-24H,6-7H2,(H2,17,22)(H,18,19,20)/t8-,11+/m1/s1. The van der Waals surface area contributed by atoms with E-state index in [4.69, 9.17) is 5.73 Å². The molecule has 132 valence electrons. The molecule has 9 nitrogen and oxygen atoms in total. The van der Waals surface area contributed by atoms with Crippen molar-refractivity contribution in [1.29, 1.82) is 5.26 Å². The van der Waals surface area contributed by atoms with Crippen molar-refractivity contribution in [2.24, 2.45) is 11.7 Å². The van der Waals surface area contributed by atoms with Crippen molar-refractivity contribution < 1.29 is 18.3 Å². The minimum Gasteiger partial charge on any atom is -0.365 e. The Bertz CT molecular complexity index is 864. The fourth-order valence-corrected chi connectivity index (χ4v) is 4.63. The Morgan fingerprint density at radius 2 is 2.28 bits per heavy atom. The van der Waals surface area contributed by atoms with E-state index in [0.29, 0.717) is 5.69 Å². The predicted molar refractivity (Wildman–Crippen MR) is 88.9 cm³/mol. The molecule has 2 aromatic rings. The summed E-state index contributed by atoms with van der Waals surface area (Å²) >= 11 is 0. The summed E-state index contributed by atoms with van der Waals surface area (Å²) < 4.78 is 34.3. The van der Waals surface area contributed by atoms with Crippen molar-refractivity contribution in [1.82, 2.24) is 14.8 Å². The van der Waals surface area contributed by atoms with Gasteiger partial charge in [0.05, 0.1) is 29.5 Å². The first-order valence-corrected chi connectivity index (χ1v) is 9.08. The van der Waals surface area contributed by atoms with Gasteiger partial charge in [-0.3, -0.25) is 18.6 Å². The summed E-state index contributed by atoms with van der Waals surface area (Å²) in [4.78, 5) is 15.1. The minimum absolute atomic E-state index is 0.0333. The van der Waals surface area contributed by atoms with Gasteiger partial charge in [-0.05, 0) is 6.07 Å². The monoisotopic (exact) mass is 366 g/mol. The highest BCUT2D eigenvalue weighted by atomic mass is 32.3. The number of hydrogen-bond acceptors (Lipinski definition) is 7. The lowest BCUT2D eigenvalue weighted by molar-refractivity contribution is 0.100. The molecular weight excluding hydrogens is 351 g/mol. The molecule has 0 radical (unpaired) electrons. The van der Waals surface area contributed by atoms with E-state index in [1.54, 1.807) is 0 Å². The number of carbonyl (C=O) groups is 1. The third kappa shape index (κ3) is 3.55. The summed E-state index contributed by atoms with van der Waals surface area (Å²) in [5.74, 6) is -2.12. The van der Waals surface area contributed by atoms with Crippen molar-refractivity contribution in [2.75, 3.05) is 16.8 Å². The van der Waals surface area contributed by atoms with Gasteiger partial charge in [-0.25, -0.2) is 4.98 Å². The summed E-state index contributed by atoms with van der Waals surface area (Å²) in [6.07, 6.45) is 2.59. The molecule has 0 aliphatic carbocycles. The van der Waals surface area contributed by atoms with Crippen LogP contribution in [0.5, 0.6) is 0 Å². The number of nitrogens with zero attached hydrogens (tertiary/aromatic N) is 4. The largest absolute Gasteiger partial charge is 0.365 e.